The predicted molar refractivity (Wildman–Crippen MR) is 142 cm³/mol. The second-order valence-corrected chi connectivity index (χ2v) is 10.2. The van der Waals surface area contributed by atoms with Gasteiger partial charge in [0.1, 0.15) is 10.6 Å². The molecule has 0 atom stereocenters. The molecule has 0 spiro atoms. The van der Waals surface area contributed by atoms with Crippen LogP contribution in [0.15, 0.2) is 42.6 Å². The molecule has 0 aliphatic rings. The third kappa shape index (κ3) is 8.84. The molecule has 0 N–H and O–H groups in total. The minimum absolute atomic E-state index is 0.332. The second kappa shape index (κ2) is 14.7. The fourth-order valence-corrected chi connectivity index (χ4v) is 4.87. The zero-order valence-electron chi connectivity index (χ0n) is 21.0. The van der Waals surface area contributed by atoms with Crippen LogP contribution in [0.25, 0.3) is 11.4 Å². The van der Waals surface area contributed by atoms with Gasteiger partial charge in [-0.1, -0.05) is 65.2 Å². The van der Waals surface area contributed by atoms with Crippen LogP contribution in [0.3, 0.4) is 0 Å². The van der Waals surface area contributed by atoms with Gasteiger partial charge in [-0.3, -0.25) is 0 Å². The predicted octanol–water partition coefficient (Wildman–Crippen LogP) is 8.59. The largest absolute Gasteiger partial charge is 0.422 e. The SMILES string of the molecule is CCCCCCCCCCc1cnc(-c2ccc(OC(=O)c3ccc(CCCC)s3)cc2)nc1F. The van der Waals surface area contributed by atoms with Gasteiger partial charge >= 0.3 is 5.97 Å². The van der Waals surface area contributed by atoms with Gasteiger partial charge in [0.2, 0.25) is 5.95 Å². The Kier molecular flexibility index (Phi) is 11.4. The zero-order chi connectivity index (χ0) is 24.9. The number of rotatable bonds is 15. The minimum Gasteiger partial charge on any atom is -0.422 e. The highest BCUT2D eigenvalue weighted by Crippen LogP contribution is 2.24. The van der Waals surface area contributed by atoms with Gasteiger partial charge in [0.05, 0.1) is 0 Å². The van der Waals surface area contributed by atoms with Crippen LogP contribution in [0.2, 0.25) is 0 Å². The normalized spacial score (nSPS) is 11.1. The first-order valence-corrected chi connectivity index (χ1v) is 13.8. The Bertz CT molecular complexity index is 1050. The van der Waals surface area contributed by atoms with Gasteiger partial charge < -0.3 is 4.74 Å². The summed E-state index contributed by atoms with van der Waals surface area (Å²) in [5.74, 6) is -0.0453. The highest BCUT2D eigenvalue weighted by Gasteiger charge is 2.13. The van der Waals surface area contributed by atoms with Gasteiger partial charge in [0, 0.05) is 22.2 Å². The molecule has 0 bridgehead atoms. The van der Waals surface area contributed by atoms with Crippen molar-refractivity contribution in [3.63, 3.8) is 0 Å². The lowest BCUT2D eigenvalue weighted by atomic mass is 10.1. The number of carbonyl (C=O) groups excluding carboxylic acids is 1. The molecule has 0 aliphatic carbocycles. The molecule has 35 heavy (non-hydrogen) atoms. The van der Waals surface area contributed by atoms with E-state index >= 15 is 0 Å². The number of thiophene rings is 1. The molecule has 188 valence electrons. The molecule has 2 heterocycles. The Morgan fingerprint density at radius 3 is 2.23 bits per heavy atom. The van der Waals surface area contributed by atoms with E-state index in [1.54, 1.807) is 30.5 Å². The molecule has 6 heteroatoms. The smallest absolute Gasteiger partial charge is 0.353 e. The summed E-state index contributed by atoms with van der Waals surface area (Å²) in [5.41, 5.74) is 1.25. The molecule has 3 rings (SSSR count). The first-order chi connectivity index (χ1) is 17.1. The lowest BCUT2D eigenvalue weighted by Crippen LogP contribution is -2.06. The summed E-state index contributed by atoms with van der Waals surface area (Å²) in [7, 11) is 0. The fraction of sp³-hybridized carbons (Fsp3) is 0.483. The average molecular weight is 497 g/mol. The van der Waals surface area contributed by atoms with Crippen LogP contribution in [0.4, 0.5) is 4.39 Å². The first-order valence-electron chi connectivity index (χ1n) is 13.0. The van der Waals surface area contributed by atoms with Gasteiger partial charge in [-0.2, -0.15) is 9.37 Å². The van der Waals surface area contributed by atoms with Crippen molar-refractivity contribution >= 4 is 17.3 Å². The summed E-state index contributed by atoms with van der Waals surface area (Å²) in [6.07, 6.45) is 15.2. The Labute approximate surface area is 213 Å². The Morgan fingerprint density at radius 1 is 0.857 bits per heavy atom. The molecule has 0 saturated heterocycles. The molecule has 0 amide bonds. The standard InChI is InChI=1S/C29H37FN2O2S/c1-3-5-7-8-9-10-11-12-13-23-21-31-28(32-27(23)30)22-15-17-24(18-16-22)34-29(33)26-20-19-25(35-26)14-6-4-2/h15-21H,3-14H2,1-2H3. The van der Waals surface area contributed by atoms with E-state index in [2.05, 4.69) is 23.8 Å². The molecule has 0 aliphatic heterocycles. The zero-order valence-corrected chi connectivity index (χ0v) is 21.8. The van der Waals surface area contributed by atoms with Crippen LogP contribution in [0.1, 0.15) is 98.2 Å². The van der Waals surface area contributed by atoms with Crippen molar-refractivity contribution in [2.24, 2.45) is 0 Å². The summed E-state index contributed by atoms with van der Waals surface area (Å²) >= 11 is 1.48. The van der Waals surface area contributed by atoms with Crippen LogP contribution in [0.5, 0.6) is 5.75 Å². The van der Waals surface area contributed by atoms with Crippen molar-refractivity contribution < 1.29 is 13.9 Å². The summed E-state index contributed by atoms with van der Waals surface area (Å²) in [4.78, 5) is 22.7. The van der Waals surface area contributed by atoms with Crippen molar-refractivity contribution in [2.75, 3.05) is 0 Å². The highest BCUT2D eigenvalue weighted by atomic mass is 32.1. The number of unbranched alkanes of at least 4 members (excludes halogenated alkanes) is 8. The van der Waals surface area contributed by atoms with Crippen LogP contribution < -0.4 is 4.74 Å². The van der Waals surface area contributed by atoms with Crippen molar-refractivity contribution in [2.45, 2.75) is 90.9 Å². The first kappa shape index (κ1) is 27.0. The van der Waals surface area contributed by atoms with E-state index in [4.69, 9.17) is 4.74 Å². The van der Waals surface area contributed by atoms with E-state index in [1.807, 2.05) is 12.1 Å². The van der Waals surface area contributed by atoms with E-state index in [0.717, 1.165) is 32.1 Å². The second-order valence-electron chi connectivity index (χ2n) is 9.02. The molecule has 0 fully saturated rings. The number of carbonyl (C=O) groups is 1. The molecular weight excluding hydrogens is 459 g/mol. The van der Waals surface area contributed by atoms with Crippen LogP contribution >= 0.6 is 11.3 Å². The van der Waals surface area contributed by atoms with Crippen molar-refractivity contribution in [1.82, 2.24) is 9.97 Å². The number of hydrogen-bond donors (Lipinski definition) is 0. The number of nitrogens with zero attached hydrogens (tertiary/aromatic N) is 2. The molecule has 3 aromatic rings. The quantitative estimate of drug-likeness (QED) is 0.0915. The summed E-state index contributed by atoms with van der Waals surface area (Å²) in [6.45, 7) is 4.38. The Balaban J connectivity index is 1.48. The fourth-order valence-electron chi connectivity index (χ4n) is 3.94. The molecular formula is C29H37FN2O2S. The lowest BCUT2D eigenvalue weighted by molar-refractivity contribution is 0.0740. The molecule has 0 unspecified atom stereocenters. The van der Waals surface area contributed by atoms with E-state index in [0.29, 0.717) is 34.0 Å². The Hall–Kier alpha value is -2.60. The van der Waals surface area contributed by atoms with Crippen molar-refractivity contribution in [1.29, 1.82) is 0 Å². The van der Waals surface area contributed by atoms with Gasteiger partial charge in [0.25, 0.3) is 0 Å². The van der Waals surface area contributed by atoms with Crippen molar-refractivity contribution in [3.05, 3.63) is 63.9 Å². The maximum atomic E-state index is 14.5. The third-order valence-corrected chi connectivity index (χ3v) is 7.20. The highest BCUT2D eigenvalue weighted by molar-refractivity contribution is 7.13. The number of hydrogen-bond acceptors (Lipinski definition) is 5. The molecule has 0 radical (unpaired) electrons. The van der Waals surface area contributed by atoms with Gasteiger partial charge in [-0.25, -0.2) is 9.78 Å². The number of benzene rings is 1. The van der Waals surface area contributed by atoms with Crippen LogP contribution in [0, 0.1) is 5.95 Å². The third-order valence-electron chi connectivity index (χ3n) is 6.07. The lowest BCUT2D eigenvalue weighted by Gasteiger charge is -2.07. The van der Waals surface area contributed by atoms with Crippen LogP contribution in [-0.4, -0.2) is 15.9 Å². The number of aryl methyl sites for hydroxylation is 2. The number of halogens is 1. The van der Waals surface area contributed by atoms with E-state index < -0.39 is 5.95 Å². The Morgan fingerprint density at radius 2 is 1.54 bits per heavy atom. The average Bonchev–Trinajstić information content (AvgIpc) is 3.35. The topological polar surface area (TPSA) is 52.1 Å². The number of aromatic nitrogens is 2. The van der Waals surface area contributed by atoms with Gasteiger partial charge in [0.15, 0.2) is 5.82 Å². The van der Waals surface area contributed by atoms with Crippen LogP contribution in [-0.2, 0) is 12.8 Å². The number of ether oxygens (including phenoxy) is 1. The van der Waals surface area contributed by atoms with Gasteiger partial charge in [-0.15, -0.1) is 11.3 Å². The summed E-state index contributed by atoms with van der Waals surface area (Å²) in [5, 5.41) is 0. The van der Waals surface area contributed by atoms with Gasteiger partial charge in [-0.05, 0) is 62.1 Å². The minimum atomic E-state index is -0.454. The number of esters is 1. The monoisotopic (exact) mass is 496 g/mol. The summed E-state index contributed by atoms with van der Waals surface area (Å²) < 4.78 is 20.0. The molecule has 4 nitrogen and oxygen atoms in total. The molecule has 1 aromatic carbocycles. The molecule has 0 saturated carbocycles. The molecule has 2 aromatic heterocycles. The van der Waals surface area contributed by atoms with E-state index in [9.17, 15) is 9.18 Å². The summed E-state index contributed by atoms with van der Waals surface area (Å²) in [6, 6.07) is 10.7. The van der Waals surface area contributed by atoms with E-state index in [1.165, 1.54) is 54.7 Å². The maximum absolute atomic E-state index is 14.5. The van der Waals surface area contributed by atoms with Crippen molar-refractivity contribution in [3.8, 4) is 17.1 Å². The van der Waals surface area contributed by atoms with E-state index in [-0.39, 0.29) is 5.97 Å². The maximum Gasteiger partial charge on any atom is 0.353 e.